The standard InChI is InChI=1S/C32H41ClN2O3S.C2H6.CH4O/c1-4-7-24-16-28(33)13-14-29(24)27-19-35-18-26-11-10-23(26)9-6-5-8-21(2)22(3)39(37)34-32(36)25-12-15-31(38-20-27)30(35)17-25;2*1-2/h5-6,12-17,21-23,26-27H,4,7-11,18-20H2,1-3H3,(H,34,36);1-2H3;2H,1H3/b6-5+;;. The van der Waals surface area contributed by atoms with Gasteiger partial charge in [0, 0.05) is 36.7 Å². The molecule has 2 aromatic rings. The molecule has 2 N–H and O–H groups in total. The first kappa shape index (κ1) is 35.1. The van der Waals surface area contributed by atoms with Crippen LogP contribution in [0, 0.1) is 17.8 Å². The lowest BCUT2D eigenvalue weighted by Gasteiger charge is -2.41. The summed E-state index contributed by atoms with van der Waals surface area (Å²) in [5.74, 6) is 2.18. The Kier molecular flexibility index (Phi) is 14.1. The van der Waals surface area contributed by atoms with Gasteiger partial charge in [0.2, 0.25) is 0 Å². The molecule has 0 saturated heterocycles. The van der Waals surface area contributed by atoms with E-state index in [1.165, 1.54) is 24.0 Å². The number of benzene rings is 2. The average molecular weight is 631 g/mol. The van der Waals surface area contributed by atoms with Crippen molar-refractivity contribution in [3.63, 3.8) is 0 Å². The SMILES string of the molecule is CC.CCCc1cc(Cl)ccc1C1COc2ccc3cc2N(C1)CC1CCC1C/C=C/CC(C)C(C)S(=O)NC3=O.CO. The number of carbonyl (C=O) groups excluding carboxylic acids is 1. The lowest BCUT2D eigenvalue weighted by molar-refractivity contribution is 0.0982. The van der Waals surface area contributed by atoms with Gasteiger partial charge >= 0.3 is 0 Å². The van der Waals surface area contributed by atoms with Gasteiger partial charge in [-0.3, -0.25) is 9.52 Å². The minimum Gasteiger partial charge on any atom is -0.491 e. The van der Waals surface area contributed by atoms with Crippen LogP contribution < -0.4 is 14.4 Å². The van der Waals surface area contributed by atoms with Crippen molar-refractivity contribution in [3.8, 4) is 5.75 Å². The van der Waals surface area contributed by atoms with Gasteiger partial charge < -0.3 is 14.7 Å². The lowest BCUT2D eigenvalue weighted by Crippen LogP contribution is -2.40. The summed E-state index contributed by atoms with van der Waals surface area (Å²) < 4.78 is 22.2. The van der Waals surface area contributed by atoms with E-state index < -0.39 is 11.0 Å². The van der Waals surface area contributed by atoms with E-state index in [9.17, 15) is 9.00 Å². The first-order chi connectivity index (χ1) is 20.8. The number of rotatable bonds is 3. The molecule has 5 rings (SSSR count). The van der Waals surface area contributed by atoms with Gasteiger partial charge in [0.1, 0.15) is 16.7 Å². The normalized spacial score (nSPS) is 27.7. The largest absolute Gasteiger partial charge is 0.491 e. The number of nitrogens with zero attached hydrogens (tertiary/aromatic N) is 1. The van der Waals surface area contributed by atoms with Crippen molar-refractivity contribution in [2.24, 2.45) is 17.8 Å². The lowest BCUT2D eigenvalue weighted by atomic mass is 9.71. The number of fused-ring (bicyclic) bond motifs is 2. The van der Waals surface area contributed by atoms with Crippen molar-refractivity contribution < 1.29 is 18.8 Å². The zero-order valence-electron chi connectivity index (χ0n) is 26.8. The van der Waals surface area contributed by atoms with Crippen molar-refractivity contribution in [1.29, 1.82) is 0 Å². The summed E-state index contributed by atoms with van der Waals surface area (Å²) >= 11 is 6.39. The molecule has 43 heavy (non-hydrogen) atoms. The van der Waals surface area contributed by atoms with E-state index >= 15 is 0 Å². The van der Waals surface area contributed by atoms with Crippen molar-refractivity contribution >= 4 is 34.2 Å². The molecule has 0 aromatic heterocycles. The number of aliphatic hydroxyl groups excluding tert-OH is 1. The summed E-state index contributed by atoms with van der Waals surface area (Å²) in [5, 5.41) is 7.63. The highest BCUT2D eigenvalue weighted by Gasteiger charge is 2.35. The highest BCUT2D eigenvalue weighted by molar-refractivity contribution is 7.84. The zero-order chi connectivity index (χ0) is 31.5. The minimum absolute atomic E-state index is 0.138. The van der Waals surface area contributed by atoms with Crippen LogP contribution >= 0.6 is 11.6 Å². The average Bonchev–Trinajstić information content (AvgIpc) is 3.19. The fraction of sp³-hybridized carbons (Fsp3) is 0.571. The molecule has 1 amide bonds. The monoisotopic (exact) mass is 630 g/mol. The van der Waals surface area contributed by atoms with E-state index in [1.807, 2.05) is 39.0 Å². The van der Waals surface area contributed by atoms with E-state index in [-0.39, 0.29) is 23.0 Å². The maximum Gasteiger partial charge on any atom is 0.263 e. The van der Waals surface area contributed by atoms with Crippen LogP contribution in [-0.4, -0.2) is 47.3 Å². The van der Waals surface area contributed by atoms with E-state index in [1.54, 1.807) is 6.07 Å². The van der Waals surface area contributed by atoms with Crippen LogP contribution in [0.15, 0.2) is 48.6 Å². The summed E-state index contributed by atoms with van der Waals surface area (Å²) in [6, 6.07) is 11.9. The zero-order valence-corrected chi connectivity index (χ0v) is 28.3. The molecular formula is C35H51ClN2O4S. The third-order valence-corrected chi connectivity index (χ3v) is 10.7. The molecule has 2 bridgehead atoms. The molecule has 238 valence electrons. The molecular weight excluding hydrogens is 580 g/mol. The molecule has 0 spiro atoms. The Morgan fingerprint density at radius 2 is 1.74 bits per heavy atom. The Bertz CT molecular complexity index is 1250. The number of aliphatic hydroxyl groups is 1. The number of anilines is 1. The van der Waals surface area contributed by atoms with Gasteiger partial charge in [0.25, 0.3) is 5.91 Å². The van der Waals surface area contributed by atoms with Crippen LogP contribution in [0.5, 0.6) is 5.75 Å². The number of aryl methyl sites for hydroxylation is 1. The van der Waals surface area contributed by atoms with Crippen LogP contribution in [0.25, 0.3) is 0 Å². The molecule has 2 aliphatic heterocycles. The van der Waals surface area contributed by atoms with Gasteiger partial charge in [0.15, 0.2) is 0 Å². The van der Waals surface area contributed by atoms with Gasteiger partial charge in [-0.05, 0) is 98.2 Å². The molecule has 6 nitrogen and oxygen atoms in total. The molecule has 2 heterocycles. The van der Waals surface area contributed by atoms with Crippen LogP contribution in [0.3, 0.4) is 0 Å². The molecule has 8 heteroatoms. The molecule has 6 atom stereocenters. The van der Waals surface area contributed by atoms with Gasteiger partial charge in [-0.15, -0.1) is 0 Å². The Labute approximate surface area is 266 Å². The van der Waals surface area contributed by atoms with Gasteiger partial charge in [-0.1, -0.05) is 63.9 Å². The molecule has 3 aliphatic rings. The molecule has 0 radical (unpaired) electrons. The number of nitrogens with one attached hydrogen (secondary N) is 1. The van der Waals surface area contributed by atoms with Gasteiger partial charge in [0.05, 0.1) is 17.5 Å². The first-order valence-electron chi connectivity index (χ1n) is 16.0. The number of hydrogen-bond acceptors (Lipinski definition) is 5. The first-order valence-corrected chi connectivity index (χ1v) is 17.5. The van der Waals surface area contributed by atoms with Crippen LogP contribution in [-0.2, 0) is 17.4 Å². The second kappa shape index (κ2) is 17.2. The second-order valence-corrected chi connectivity index (χ2v) is 13.6. The summed E-state index contributed by atoms with van der Waals surface area (Å²) in [4.78, 5) is 15.7. The van der Waals surface area contributed by atoms with Crippen molar-refractivity contribution in [2.75, 3.05) is 31.7 Å². The van der Waals surface area contributed by atoms with E-state index in [0.29, 0.717) is 24.0 Å². The quantitative estimate of drug-likeness (QED) is 0.340. The van der Waals surface area contributed by atoms with E-state index in [4.69, 9.17) is 21.4 Å². The van der Waals surface area contributed by atoms with Crippen molar-refractivity contribution in [3.05, 3.63) is 70.3 Å². The van der Waals surface area contributed by atoms with Crippen LogP contribution in [0.2, 0.25) is 5.02 Å². The smallest absolute Gasteiger partial charge is 0.263 e. The van der Waals surface area contributed by atoms with Crippen molar-refractivity contribution in [2.45, 2.75) is 84.3 Å². The summed E-state index contributed by atoms with van der Waals surface area (Å²) in [5.41, 5.74) is 4.06. The van der Waals surface area contributed by atoms with E-state index in [2.05, 4.69) is 47.8 Å². The summed E-state index contributed by atoms with van der Waals surface area (Å²) in [6.07, 6.45) is 11.0. The number of halogens is 1. The molecule has 1 aliphatic carbocycles. The van der Waals surface area contributed by atoms with Crippen LogP contribution in [0.4, 0.5) is 5.69 Å². The highest BCUT2D eigenvalue weighted by atomic mass is 35.5. The maximum atomic E-state index is 13.2. The minimum atomic E-state index is -1.46. The highest BCUT2D eigenvalue weighted by Crippen LogP contribution is 2.42. The molecule has 2 aromatic carbocycles. The molecule has 1 fully saturated rings. The summed E-state index contributed by atoms with van der Waals surface area (Å²) in [7, 11) is -0.461. The number of ether oxygens (including phenoxy) is 1. The Balaban J connectivity index is 0.00000121. The third-order valence-electron chi connectivity index (χ3n) is 8.98. The second-order valence-electron chi connectivity index (χ2n) is 11.6. The molecule has 6 unspecified atom stereocenters. The fourth-order valence-corrected chi connectivity index (χ4v) is 7.37. The predicted molar refractivity (Wildman–Crippen MR) is 181 cm³/mol. The number of hydrogen-bond donors (Lipinski definition) is 2. The summed E-state index contributed by atoms with van der Waals surface area (Å²) in [6.45, 7) is 12.6. The number of amides is 1. The van der Waals surface area contributed by atoms with Crippen LogP contribution in [0.1, 0.15) is 94.1 Å². The van der Waals surface area contributed by atoms with Gasteiger partial charge in [-0.25, -0.2) is 4.21 Å². The molecule has 1 saturated carbocycles. The predicted octanol–water partition coefficient (Wildman–Crippen LogP) is 7.70. The third kappa shape index (κ3) is 8.86. The van der Waals surface area contributed by atoms with Crippen molar-refractivity contribution in [1.82, 2.24) is 4.72 Å². The maximum absolute atomic E-state index is 13.2. The fourth-order valence-electron chi connectivity index (χ4n) is 6.15. The number of allylic oxidation sites excluding steroid dienone is 2. The van der Waals surface area contributed by atoms with Gasteiger partial charge in [-0.2, -0.15) is 0 Å². The topological polar surface area (TPSA) is 78.9 Å². The van der Waals surface area contributed by atoms with E-state index in [0.717, 1.165) is 62.3 Å². The Morgan fingerprint density at radius 1 is 1.02 bits per heavy atom. The Morgan fingerprint density at radius 3 is 2.44 bits per heavy atom. The number of carbonyl (C=O) groups is 1. The Hall–Kier alpha value is -2.35.